The molecule has 5 heteroatoms. The fraction of sp³-hybridized carbons (Fsp3) is 0.500. The van der Waals surface area contributed by atoms with E-state index in [2.05, 4.69) is 5.32 Å². The lowest BCUT2D eigenvalue weighted by atomic mass is 10.1. The predicted molar refractivity (Wildman–Crippen MR) is 81.5 cm³/mol. The number of nitrogens with zero attached hydrogens (tertiary/aromatic N) is 1. The fourth-order valence-corrected chi connectivity index (χ4v) is 2.05. The van der Waals surface area contributed by atoms with Crippen molar-refractivity contribution in [2.75, 3.05) is 13.2 Å². The molecule has 1 unspecified atom stereocenters. The van der Waals surface area contributed by atoms with Crippen LogP contribution in [0.5, 0.6) is 0 Å². The maximum atomic E-state index is 12.3. The maximum absolute atomic E-state index is 12.3. The van der Waals surface area contributed by atoms with Crippen molar-refractivity contribution in [2.45, 2.75) is 39.3 Å². The molecule has 0 bridgehead atoms. The average molecular weight is 292 g/mol. The zero-order chi connectivity index (χ0) is 15.7. The molecule has 0 saturated carbocycles. The molecular formula is C16H24N2O3. The van der Waals surface area contributed by atoms with E-state index in [1.54, 1.807) is 11.8 Å². The molecule has 2 N–H and O–H groups in total. The summed E-state index contributed by atoms with van der Waals surface area (Å²) >= 11 is 0. The number of amides is 2. The summed E-state index contributed by atoms with van der Waals surface area (Å²) in [6.07, 6.45) is 1.17. The largest absolute Gasteiger partial charge is 0.395 e. The standard InChI is InChI=1S/C16H24N2O3/c1-3-7-15(20)18(12-14-8-5-4-6-9-14)13(2)16(21)17-10-11-19/h4-6,8-9,13,19H,3,7,10-12H2,1-2H3,(H,17,21). The van der Waals surface area contributed by atoms with Crippen LogP contribution >= 0.6 is 0 Å². The lowest BCUT2D eigenvalue weighted by Crippen LogP contribution is -2.48. The summed E-state index contributed by atoms with van der Waals surface area (Å²) in [5.41, 5.74) is 0.990. The second-order valence-corrected chi connectivity index (χ2v) is 4.95. The molecule has 0 aliphatic heterocycles. The van der Waals surface area contributed by atoms with Gasteiger partial charge in [0.2, 0.25) is 11.8 Å². The Morgan fingerprint density at radius 2 is 1.95 bits per heavy atom. The monoisotopic (exact) mass is 292 g/mol. The molecule has 5 nitrogen and oxygen atoms in total. The summed E-state index contributed by atoms with van der Waals surface area (Å²) in [7, 11) is 0. The van der Waals surface area contributed by atoms with E-state index < -0.39 is 6.04 Å². The minimum Gasteiger partial charge on any atom is -0.395 e. The number of hydrogen-bond donors (Lipinski definition) is 2. The van der Waals surface area contributed by atoms with E-state index in [0.717, 1.165) is 12.0 Å². The molecule has 0 heterocycles. The minimum absolute atomic E-state index is 0.0343. The molecule has 0 fully saturated rings. The van der Waals surface area contributed by atoms with E-state index >= 15 is 0 Å². The number of benzene rings is 1. The molecule has 0 radical (unpaired) electrons. The Bertz CT molecular complexity index is 448. The quantitative estimate of drug-likeness (QED) is 0.759. The Morgan fingerprint density at radius 1 is 1.29 bits per heavy atom. The van der Waals surface area contributed by atoms with Crippen LogP contribution in [-0.4, -0.2) is 41.0 Å². The lowest BCUT2D eigenvalue weighted by Gasteiger charge is -2.28. The highest BCUT2D eigenvalue weighted by Crippen LogP contribution is 2.11. The maximum Gasteiger partial charge on any atom is 0.242 e. The second kappa shape index (κ2) is 9.13. The smallest absolute Gasteiger partial charge is 0.242 e. The van der Waals surface area contributed by atoms with Gasteiger partial charge in [-0.2, -0.15) is 0 Å². The molecule has 2 amide bonds. The molecular weight excluding hydrogens is 268 g/mol. The summed E-state index contributed by atoms with van der Waals surface area (Å²) in [6, 6.07) is 9.05. The Morgan fingerprint density at radius 3 is 2.52 bits per heavy atom. The first-order valence-corrected chi connectivity index (χ1v) is 7.32. The molecule has 21 heavy (non-hydrogen) atoms. The van der Waals surface area contributed by atoms with E-state index in [4.69, 9.17) is 5.11 Å². The van der Waals surface area contributed by atoms with Crippen molar-refractivity contribution in [2.24, 2.45) is 0 Å². The van der Waals surface area contributed by atoms with E-state index in [0.29, 0.717) is 13.0 Å². The number of aliphatic hydroxyl groups is 1. The van der Waals surface area contributed by atoms with Crippen molar-refractivity contribution in [3.8, 4) is 0 Å². The summed E-state index contributed by atoms with van der Waals surface area (Å²) in [5.74, 6) is -0.280. The van der Waals surface area contributed by atoms with Gasteiger partial charge in [0, 0.05) is 19.5 Å². The summed E-state index contributed by atoms with van der Waals surface area (Å²) in [4.78, 5) is 25.9. The molecule has 0 aliphatic rings. The Balaban J connectivity index is 2.81. The van der Waals surface area contributed by atoms with Gasteiger partial charge in [-0.1, -0.05) is 37.3 Å². The van der Waals surface area contributed by atoms with Gasteiger partial charge >= 0.3 is 0 Å². The second-order valence-electron chi connectivity index (χ2n) is 4.95. The van der Waals surface area contributed by atoms with Crippen LogP contribution in [0.25, 0.3) is 0 Å². The van der Waals surface area contributed by atoms with Crippen LogP contribution in [0.4, 0.5) is 0 Å². The molecule has 0 saturated heterocycles. The van der Waals surface area contributed by atoms with Gasteiger partial charge in [0.1, 0.15) is 6.04 Å². The van der Waals surface area contributed by atoms with E-state index in [1.165, 1.54) is 0 Å². The van der Waals surface area contributed by atoms with Gasteiger partial charge in [-0.05, 0) is 18.9 Å². The highest BCUT2D eigenvalue weighted by atomic mass is 16.3. The topological polar surface area (TPSA) is 69.6 Å². The summed E-state index contributed by atoms with van der Waals surface area (Å²) in [6.45, 7) is 4.15. The zero-order valence-electron chi connectivity index (χ0n) is 12.7. The highest BCUT2D eigenvalue weighted by molar-refractivity contribution is 5.87. The fourth-order valence-electron chi connectivity index (χ4n) is 2.05. The van der Waals surface area contributed by atoms with Gasteiger partial charge in [-0.25, -0.2) is 0 Å². The van der Waals surface area contributed by atoms with Crippen LogP contribution in [0, 0.1) is 0 Å². The Hall–Kier alpha value is -1.88. The van der Waals surface area contributed by atoms with Crippen molar-refractivity contribution in [1.29, 1.82) is 0 Å². The average Bonchev–Trinajstić information content (AvgIpc) is 2.50. The van der Waals surface area contributed by atoms with E-state index in [1.807, 2.05) is 37.3 Å². The molecule has 0 spiro atoms. The van der Waals surface area contributed by atoms with Crippen LogP contribution in [0.15, 0.2) is 30.3 Å². The molecule has 1 aromatic carbocycles. The lowest BCUT2D eigenvalue weighted by molar-refractivity contribution is -0.140. The minimum atomic E-state index is -0.559. The van der Waals surface area contributed by atoms with Crippen LogP contribution < -0.4 is 5.32 Å². The third kappa shape index (κ3) is 5.55. The van der Waals surface area contributed by atoms with E-state index in [-0.39, 0.29) is 25.0 Å². The highest BCUT2D eigenvalue weighted by Gasteiger charge is 2.25. The van der Waals surface area contributed by atoms with Crippen molar-refractivity contribution in [1.82, 2.24) is 10.2 Å². The number of hydrogen-bond acceptors (Lipinski definition) is 3. The number of rotatable bonds is 8. The molecule has 1 aromatic rings. The van der Waals surface area contributed by atoms with Crippen molar-refractivity contribution in [3.05, 3.63) is 35.9 Å². The third-order valence-corrected chi connectivity index (χ3v) is 3.24. The number of aliphatic hydroxyl groups excluding tert-OH is 1. The summed E-state index contributed by atoms with van der Waals surface area (Å²) < 4.78 is 0. The van der Waals surface area contributed by atoms with Gasteiger partial charge in [0.25, 0.3) is 0 Å². The number of carbonyl (C=O) groups excluding carboxylic acids is 2. The zero-order valence-corrected chi connectivity index (χ0v) is 12.7. The van der Waals surface area contributed by atoms with Gasteiger partial charge in [0.15, 0.2) is 0 Å². The Kier molecular flexibility index (Phi) is 7.46. The molecule has 1 rings (SSSR count). The predicted octanol–water partition coefficient (Wildman–Crippen LogP) is 1.31. The van der Waals surface area contributed by atoms with Crippen molar-refractivity contribution < 1.29 is 14.7 Å². The van der Waals surface area contributed by atoms with Gasteiger partial charge < -0.3 is 15.3 Å². The first-order chi connectivity index (χ1) is 10.1. The summed E-state index contributed by atoms with van der Waals surface area (Å²) in [5, 5.41) is 11.4. The van der Waals surface area contributed by atoms with Gasteiger partial charge in [-0.3, -0.25) is 9.59 Å². The van der Waals surface area contributed by atoms with Crippen LogP contribution in [0.1, 0.15) is 32.3 Å². The van der Waals surface area contributed by atoms with E-state index in [9.17, 15) is 9.59 Å². The number of carbonyl (C=O) groups is 2. The first kappa shape index (κ1) is 17.2. The van der Waals surface area contributed by atoms with Crippen LogP contribution in [-0.2, 0) is 16.1 Å². The normalized spacial score (nSPS) is 11.8. The number of nitrogens with one attached hydrogen (secondary N) is 1. The Labute approximate surface area is 126 Å². The van der Waals surface area contributed by atoms with Crippen molar-refractivity contribution >= 4 is 11.8 Å². The van der Waals surface area contributed by atoms with Gasteiger partial charge in [0.05, 0.1) is 6.61 Å². The van der Waals surface area contributed by atoms with Crippen LogP contribution in [0.3, 0.4) is 0 Å². The third-order valence-electron chi connectivity index (χ3n) is 3.24. The SMILES string of the molecule is CCCC(=O)N(Cc1ccccc1)C(C)C(=O)NCCO. The molecule has 1 atom stereocenters. The first-order valence-electron chi connectivity index (χ1n) is 7.32. The molecule has 0 aromatic heterocycles. The van der Waals surface area contributed by atoms with Gasteiger partial charge in [-0.15, -0.1) is 0 Å². The molecule has 116 valence electrons. The van der Waals surface area contributed by atoms with Crippen molar-refractivity contribution in [3.63, 3.8) is 0 Å². The van der Waals surface area contributed by atoms with Crippen LogP contribution in [0.2, 0.25) is 0 Å². The molecule has 0 aliphatic carbocycles.